The molecular formula is C6H6BrN3O. The summed E-state index contributed by atoms with van der Waals surface area (Å²) in [6, 6.07) is 0. The topological polar surface area (TPSA) is 47.8 Å². The summed E-state index contributed by atoms with van der Waals surface area (Å²) in [6.07, 6.45) is 4.22. The third-order valence-corrected chi connectivity index (χ3v) is 2.21. The molecule has 0 aliphatic heterocycles. The lowest BCUT2D eigenvalue weighted by Crippen LogP contribution is -2.21. The minimum Gasteiger partial charge on any atom is -0.301 e. The molecule has 0 amide bonds. The fourth-order valence-corrected chi connectivity index (χ4v) is 1.19. The summed E-state index contributed by atoms with van der Waals surface area (Å²) in [7, 11) is 0. The lowest BCUT2D eigenvalue weighted by Gasteiger charge is -2.02. The Kier molecular flexibility index (Phi) is 1.35. The zero-order chi connectivity index (χ0) is 7.90. The monoisotopic (exact) mass is 215 g/mol. The summed E-state index contributed by atoms with van der Waals surface area (Å²) < 4.78 is 0.672. The van der Waals surface area contributed by atoms with E-state index in [4.69, 9.17) is 0 Å². The highest BCUT2D eigenvalue weighted by atomic mass is 79.9. The molecule has 58 valence electrons. The van der Waals surface area contributed by atoms with E-state index in [0.29, 0.717) is 4.60 Å². The van der Waals surface area contributed by atoms with Crippen LogP contribution in [0.25, 0.3) is 0 Å². The van der Waals surface area contributed by atoms with Crippen molar-refractivity contribution in [2.45, 2.75) is 18.4 Å². The fraction of sp³-hybridized carbons (Fsp3) is 0.500. The maximum absolute atomic E-state index is 10.6. The average molecular weight is 216 g/mol. The number of nitrogens with zero attached hydrogens (tertiary/aromatic N) is 3. The van der Waals surface area contributed by atoms with E-state index in [-0.39, 0.29) is 0 Å². The molecule has 1 heterocycles. The van der Waals surface area contributed by atoms with Crippen LogP contribution in [-0.4, -0.2) is 21.3 Å². The van der Waals surface area contributed by atoms with Gasteiger partial charge in [0.15, 0.2) is 0 Å². The van der Waals surface area contributed by atoms with Crippen LogP contribution < -0.4 is 0 Å². The smallest absolute Gasteiger partial charge is 0.149 e. The molecule has 0 radical (unpaired) electrons. The van der Waals surface area contributed by atoms with Crippen molar-refractivity contribution in [1.29, 1.82) is 0 Å². The standard InChI is InChI=1S/C6H6BrN3O/c7-5-3-8-10(9-5)6(4-11)1-2-6/h3-4H,1-2H2. The van der Waals surface area contributed by atoms with Crippen molar-refractivity contribution >= 4 is 22.2 Å². The maximum atomic E-state index is 10.6. The molecule has 1 aromatic rings. The highest BCUT2D eigenvalue weighted by Crippen LogP contribution is 2.40. The van der Waals surface area contributed by atoms with Gasteiger partial charge in [0.05, 0.1) is 6.20 Å². The zero-order valence-corrected chi connectivity index (χ0v) is 7.28. The molecule has 0 unspecified atom stereocenters. The highest BCUT2D eigenvalue weighted by molar-refractivity contribution is 9.10. The van der Waals surface area contributed by atoms with Gasteiger partial charge in [0.1, 0.15) is 16.4 Å². The maximum Gasteiger partial charge on any atom is 0.149 e. The second-order valence-electron chi connectivity index (χ2n) is 2.68. The van der Waals surface area contributed by atoms with E-state index >= 15 is 0 Å². The van der Waals surface area contributed by atoms with Crippen LogP contribution in [-0.2, 0) is 10.3 Å². The number of halogens is 1. The number of aldehydes is 1. The second-order valence-corrected chi connectivity index (χ2v) is 3.49. The molecule has 0 saturated heterocycles. The number of carbonyl (C=O) groups excluding carboxylic acids is 1. The van der Waals surface area contributed by atoms with Gasteiger partial charge in [0.25, 0.3) is 0 Å². The van der Waals surface area contributed by atoms with Crippen molar-refractivity contribution in [3.8, 4) is 0 Å². The normalized spacial score (nSPS) is 19.7. The Labute approximate surface area is 71.7 Å². The lowest BCUT2D eigenvalue weighted by atomic mass is 10.3. The Morgan fingerprint density at radius 3 is 2.82 bits per heavy atom. The molecule has 1 saturated carbocycles. The third-order valence-electron chi connectivity index (χ3n) is 1.84. The molecule has 1 aromatic heterocycles. The van der Waals surface area contributed by atoms with E-state index in [1.165, 1.54) is 4.80 Å². The summed E-state index contributed by atoms with van der Waals surface area (Å²) in [5, 5.41) is 7.95. The summed E-state index contributed by atoms with van der Waals surface area (Å²) in [5.74, 6) is 0. The van der Waals surface area contributed by atoms with Crippen LogP contribution in [0.1, 0.15) is 12.8 Å². The number of hydrogen-bond acceptors (Lipinski definition) is 3. The fourth-order valence-electron chi connectivity index (χ4n) is 0.952. The first-order chi connectivity index (χ1) is 5.27. The molecule has 0 atom stereocenters. The van der Waals surface area contributed by atoms with E-state index in [0.717, 1.165) is 19.1 Å². The highest BCUT2D eigenvalue weighted by Gasteiger charge is 2.46. The molecule has 4 nitrogen and oxygen atoms in total. The van der Waals surface area contributed by atoms with Gasteiger partial charge in [-0.05, 0) is 28.8 Å². The molecule has 1 aliphatic carbocycles. The quantitative estimate of drug-likeness (QED) is 0.684. The Morgan fingerprint density at radius 2 is 2.45 bits per heavy atom. The first-order valence-electron chi connectivity index (χ1n) is 3.31. The van der Waals surface area contributed by atoms with Crippen molar-refractivity contribution < 1.29 is 4.79 Å². The molecule has 0 bridgehead atoms. The van der Waals surface area contributed by atoms with Crippen molar-refractivity contribution in [3.05, 3.63) is 10.8 Å². The summed E-state index contributed by atoms with van der Waals surface area (Å²) in [6.45, 7) is 0. The molecule has 5 heteroatoms. The molecule has 0 N–H and O–H groups in total. The third kappa shape index (κ3) is 0.994. The first kappa shape index (κ1) is 6.97. The summed E-state index contributed by atoms with van der Waals surface area (Å²) in [5.41, 5.74) is -0.411. The van der Waals surface area contributed by atoms with Crippen LogP contribution in [0.5, 0.6) is 0 Å². The zero-order valence-electron chi connectivity index (χ0n) is 5.70. The van der Waals surface area contributed by atoms with Gasteiger partial charge in [-0.3, -0.25) is 0 Å². The Bertz CT molecular complexity index is 292. The first-order valence-corrected chi connectivity index (χ1v) is 4.11. The van der Waals surface area contributed by atoms with E-state index in [1.807, 2.05) is 0 Å². The summed E-state index contributed by atoms with van der Waals surface area (Å²) >= 11 is 3.17. The van der Waals surface area contributed by atoms with Crippen LogP contribution in [0.15, 0.2) is 10.8 Å². The van der Waals surface area contributed by atoms with Gasteiger partial charge in [-0.1, -0.05) is 0 Å². The van der Waals surface area contributed by atoms with Crippen molar-refractivity contribution in [2.24, 2.45) is 0 Å². The molecule has 2 rings (SSSR count). The molecule has 0 spiro atoms. The molecule has 0 aromatic carbocycles. The SMILES string of the molecule is O=CC1(n2ncc(Br)n2)CC1. The molecular weight excluding hydrogens is 210 g/mol. The molecule has 1 fully saturated rings. The van der Waals surface area contributed by atoms with E-state index in [2.05, 4.69) is 26.1 Å². The van der Waals surface area contributed by atoms with Crippen LogP contribution in [0, 0.1) is 0 Å². The lowest BCUT2D eigenvalue weighted by molar-refractivity contribution is -0.112. The minimum absolute atomic E-state index is 0.411. The van der Waals surface area contributed by atoms with Crippen molar-refractivity contribution in [3.63, 3.8) is 0 Å². The Balaban J connectivity index is 2.36. The van der Waals surface area contributed by atoms with Gasteiger partial charge in [0.2, 0.25) is 0 Å². The average Bonchev–Trinajstić information content (AvgIpc) is 2.70. The van der Waals surface area contributed by atoms with Gasteiger partial charge in [-0.25, -0.2) is 0 Å². The predicted octanol–water partition coefficient (Wildman–Crippen LogP) is 0.729. The Hall–Kier alpha value is -0.710. The van der Waals surface area contributed by atoms with E-state index in [1.54, 1.807) is 6.20 Å². The number of carbonyl (C=O) groups is 1. The molecule has 1 aliphatic rings. The number of aromatic nitrogens is 3. The predicted molar refractivity (Wildman–Crippen MR) is 41.0 cm³/mol. The van der Waals surface area contributed by atoms with Crippen molar-refractivity contribution in [1.82, 2.24) is 15.0 Å². The van der Waals surface area contributed by atoms with Crippen molar-refractivity contribution in [2.75, 3.05) is 0 Å². The van der Waals surface area contributed by atoms with E-state index in [9.17, 15) is 4.79 Å². The van der Waals surface area contributed by atoms with Crippen LogP contribution >= 0.6 is 15.9 Å². The summed E-state index contributed by atoms with van der Waals surface area (Å²) in [4.78, 5) is 12.1. The van der Waals surface area contributed by atoms with Crippen LogP contribution in [0.3, 0.4) is 0 Å². The Morgan fingerprint density at radius 1 is 1.73 bits per heavy atom. The second kappa shape index (κ2) is 2.14. The van der Waals surface area contributed by atoms with Crippen LogP contribution in [0.2, 0.25) is 0 Å². The van der Waals surface area contributed by atoms with Gasteiger partial charge >= 0.3 is 0 Å². The minimum atomic E-state index is -0.411. The largest absolute Gasteiger partial charge is 0.301 e. The van der Waals surface area contributed by atoms with Gasteiger partial charge in [-0.15, -0.1) is 5.10 Å². The number of rotatable bonds is 2. The van der Waals surface area contributed by atoms with E-state index < -0.39 is 5.54 Å². The van der Waals surface area contributed by atoms with Crippen LogP contribution in [0.4, 0.5) is 0 Å². The molecule has 11 heavy (non-hydrogen) atoms. The van der Waals surface area contributed by atoms with Gasteiger partial charge < -0.3 is 4.79 Å². The van der Waals surface area contributed by atoms with Gasteiger partial charge in [-0.2, -0.15) is 9.90 Å². The van der Waals surface area contributed by atoms with Gasteiger partial charge in [0, 0.05) is 0 Å². The number of hydrogen-bond donors (Lipinski definition) is 0.